The minimum absolute atomic E-state index is 0.0650. The lowest BCUT2D eigenvalue weighted by atomic mass is 9.94. The molecule has 2 N–H and O–H groups in total. The number of amides is 1. The van der Waals surface area contributed by atoms with Crippen LogP contribution in [0.4, 0.5) is 11.4 Å². The van der Waals surface area contributed by atoms with E-state index in [1.165, 1.54) is 62.3 Å². The van der Waals surface area contributed by atoms with E-state index in [4.69, 9.17) is 4.74 Å². The molecule has 1 amide bonds. The van der Waals surface area contributed by atoms with E-state index in [-0.39, 0.29) is 11.6 Å². The largest absolute Gasteiger partial charge is 0.494 e. The fourth-order valence-corrected chi connectivity index (χ4v) is 3.08. The van der Waals surface area contributed by atoms with Gasteiger partial charge >= 0.3 is 0 Å². The number of benzene rings is 1. The summed E-state index contributed by atoms with van der Waals surface area (Å²) in [5, 5.41) is 13.6. The second kappa shape index (κ2) is 7.92. The van der Waals surface area contributed by atoms with Crippen LogP contribution in [0.25, 0.3) is 0 Å². The van der Waals surface area contributed by atoms with E-state index in [1.807, 2.05) is 7.05 Å². The molecule has 1 saturated carbocycles. The zero-order valence-corrected chi connectivity index (χ0v) is 13.6. The summed E-state index contributed by atoms with van der Waals surface area (Å²) in [5.41, 5.74) is 0.393. The van der Waals surface area contributed by atoms with Crippen molar-refractivity contribution in [3.8, 4) is 5.75 Å². The van der Waals surface area contributed by atoms with Gasteiger partial charge in [-0.15, -0.1) is 0 Å². The average molecular weight is 322 g/mol. The van der Waals surface area contributed by atoms with Crippen molar-refractivity contribution in [1.29, 1.82) is 0 Å². The molecule has 23 heavy (non-hydrogen) atoms. The Morgan fingerprint density at radius 3 is 2.70 bits per heavy atom. The Kier molecular flexibility index (Phi) is 5.92. The van der Waals surface area contributed by atoms with E-state index in [0.29, 0.717) is 24.0 Å². The van der Waals surface area contributed by atoms with Gasteiger partial charge in [0, 0.05) is 6.07 Å². The number of hydrogen-bond donors (Lipinski definition) is 2. The van der Waals surface area contributed by atoms with Crippen LogP contribution in [-0.4, -0.2) is 37.6 Å². The van der Waals surface area contributed by atoms with Crippen LogP contribution < -0.4 is 15.0 Å². The van der Waals surface area contributed by atoms with Gasteiger partial charge in [-0.1, -0.05) is 6.42 Å². The van der Waals surface area contributed by atoms with Crippen molar-refractivity contribution in [2.45, 2.75) is 38.1 Å². The van der Waals surface area contributed by atoms with Gasteiger partial charge < -0.3 is 15.0 Å². The lowest BCUT2D eigenvalue weighted by Crippen LogP contribution is -3.14. The van der Waals surface area contributed by atoms with Crippen molar-refractivity contribution in [3.05, 3.63) is 28.3 Å². The van der Waals surface area contributed by atoms with E-state index in [1.54, 1.807) is 0 Å². The number of rotatable bonds is 6. The molecule has 1 aromatic carbocycles. The minimum atomic E-state index is -0.491. The Hall–Kier alpha value is -2.15. The maximum atomic E-state index is 12.2. The van der Waals surface area contributed by atoms with Crippen molar-refractivity contribution < 1.29 is 19.4 Å². The molecule has 0 bridgehead atoms. The lowest BCUT2D eigenvalue weighted by Gasteiger charge is -2.27. The van der Waals surface area contributed by atoms with Crippen LogP contribution >= 0.6 is 0 Å². The monoisotopic (exact) mass is 322 g/mol. The number of ether oxygens (including phenoxy) is 1. The van der Waals surface area contributed by atoms with Crippen molar-refractivity contribution in [2.75, 3.05) is 26.0 Å². The van der Waals surface area contributed by atoms with Crippen LogP contribution in [0.15, 0.2) is 18.2 Å². The highest BCUT2D eigenvalue weighted by atomic mass is 16.6. The highest BCUT2D eigenvalue weighted by Crippen LogP contribution is 2.28. The predicted molar refractivity (Wildman–Crippen MR) is 86.9 cm³/mol. The number of hydrogen-bond acceptors (Lipinski definition) is 4. The second-order valence-corrected chi connectivity index (χ2v) is 6.05. The molecule has 1 aliphatic carbocycles. The van der Waals surface area contributed by atoms with Crippen LogP contribution in [0.5, 0.6) is 5.75 Å². The summed E-state index contributed by atoms with van der Waals surface area (Å²) >= 11 is 0. The number of methoxy groups -OCH3 is 1. The third-order valence-corrected chi connectivity index (χ3v) is 4.41. The van der Waals surface area contributed by atoms with Gasteiger partial charge in [0.25, 0.3) is 11.6 Å². The van der Waals surface area contributed by atoms with Crippen LogP contribution in [-0.2, 0) is 4.79 Å². The van der Waals surface area contributed by atoms with Gasteiger partial charge in [-0.25, -0.2) is 0 Å². The van der Waals surface area contributed by atoms with Gasteiger partial charge in [0.05, 0.1) is 36.9 Å². The molecule has 1 aliphatic rings. The van der Waals surface area contributed by atoms with Crippen molar-refractivity contribution in [1.82, 2.24) is 0 Å². The minimum Gasteiger partial charge on any atom is -0.494 e. The predicted octanol–water partition coefficient (Wildman–Crippen LogP) is 1.39. The Bertz CT molecular complexity index is 570. The Morgan fingerprint density at radius 1 is 1.39 bits per heavy atom. The first kappa shape index (κ1) is 17.2. The number of non-ortho nitro benzene ring substituents is 1. The van der Waals surface area contributed by atoms with Crippen LogP contribution in [0.1, 0.15) is 32.1 Å². The Labute approximate surface area is 135 Å². The van der Waals surface area contributed by atoms with Crippen LogP contribution in [0, 0.1) is 10.1 Å². The summed E-state index contributed by atoms with van der Waals surface area (Å²) in [5.74, 6) is 0.183. The molecule has 126 valence electrons. The fourth-order valence-electron chi connectivity index (χ4n) is 3.08. The standard InChI is InChI=1S/C16H23N3O4/c1-18(12-6-4-3-5-7-12)11-16(20)17-14-9-8-13(19(21)22)10-15(14)23-2/h8-10,12H,3-7,11H2,1-2H3,(H,17,20)/p+1. The van der Waals surface area contributed by atoms with Gasteiger partial charge in [-0.3, -0.25) is 14.9 Å². The van der Waals surface area contributed by atoms with Crippen LogP contribution in [0.2, 0.25) is 0 Å². The summed E-state index contributed by atoms with van der Waals surface area (Å²) < 4.78 is 5.13. The molecular formula is C16H24N3O4+. The molecule has 0 spiro atoms. The van der Waals surface area contributed by atoms with Crippen LogP contribution in [0.3, 0.4) is 0 Å². The molecule has 1 atom stereocenters. The van der Waals surface area contributed by atoms with Gasteiger partial charge in [-0.05, 0) is 31.7 Å². The van der Waals surface area contributed by atoms with E-state index in [9.17, 15) is 14.9 Å². The maximum absolute atomic E-state index is 12.2. The number of nitro benzene ring substituents is 1. The maximum Gasteiger partial charge on any atom is 0.279 e. The first-order valence-electron chi connectivity index (χ1n) is 7.96. The molecule has 0 saturated heterocycles. The van der Waals surface area contributed by atoms with Crippen molar-refractivity contribution in [2.24, 2.45) is 0 Å². The van der Waals surface area contributed by atoms with Gasteiger partial charge in [0.2, 0.25) is 0 Å². The first-order chi connectivity index (χ1) is 11.0. The summed E-state index contributed by atoms with van der Waals surface area (Å²) in [6.45, 7) is 0.380. The Morgan fingerprint density at radius 2 is 2.09 bits per heavy atom. The smallest absolute Gasteiger partial charge is 0.279 e. The molecule has 1 aromatic rings. The summed E-state index contributed by atoms with van der Waals surface area (Å²) in [6.07, 6.45) is 6.09. The summed E-state index contributed by atoms with van der Waals surface area (Å²) in [4.78, 5) is 23.7. The normalized spacial score (nSPS) is 16.6. The van der Waals surface area contributed by atoms with E-state index < -0.39 is 4.92 Å². The first-order valence-corrected chi connectivity index (χ1v) is 7.96. The fraction of sp³-hybridized carbons (Fsp3) is 0.562. The summed E-state index contributed by atoms with van der Waals surface area (Å²) in [7, 11) is 3.47. The second-order valence-electron chi connectivity index (χ2n) is 6.05. The molecule has 7 heteroatoms. The number of nitrogens with zero attached hydrogens (tertiary/aromatic N) is 1. The SMILES string of the molecule is COc1cc([N+](=O)[O-])ccc1NC(=O)C[NH+](C)C1CCCCC1. The highest BCUT2D eigenvalue weighted by molar-refractivity contribution is 5.93. The van der Waals surface area contributed by atoms with E-state index in [2.05, 4.69) is 5.32 Å². The average Bonchev–Trinajstić information content (AvgIpc) is 2.55. The number of nitrogens with one attached hydrogen (secondary N) is 2. The van der Waals surface area contributed by atoms with Gasteiger partial charge in [0.1, 0.15) is 5.75 Å². The van der Waals surface area contributed by atoms with Crippen molar-refractivity contribution >= 4 is 17.3 Å². The third kappa shape index (κ3) is 4.66. The molecule has 7 nitrogen and oxygen atoms in total. The zero-order valence-electron chi connectivity index (χ0n) is 13.6. The topological polar surface area (TPSA) is 85.9 Å². The van der Waals surface area contributed by atoms with Gasteiger partial charge in [0.15, 0.2) is 6.54 Å². The molecule has 0 heterocycles. The van der Waals surface area contributed by atoms with E-state index >= 15 is 0 Å². The molecule has 0 radical (unpaired) electrons. The number of carbonyl (C=O) groups excluding carboxylic acids is 1. The quantitative estimate of drug-likeness (QED) is 0.612. The molecule has 0 aromatic heterocycles. The molecule has 1 unspecified atom stereocenters. The number of quaternary nitrogens is 1. The summed E-state index contributed by atoms with van der Waals surface area (Å²) in [6, 6.07) is 4.71. The van der Waals surface area contributed by atoms with Gasteiger partial charge in [-0.2, -0.15) is 0 Å². The van der Waals surface area contributed by atoms with E-state index in [0.717, 1.165) is 0 Å². The third-order valence-electron chi connectivity index (χ3n) is 4.41. The molecule has 2 rings (SSSR count). The number of nitro groups is 1. The highest BCUT2D eigenvalue weighted by Gasteiger charge is 2.23. The number of anilines is 1. The number of likely N-dealkylation sites (N-methyl/N-ethyl adjacent to an activating group) is 1. The zero-order chi connectivity index (χ0) is 16.8. The molecule has 1 fully saturated rings. The van der Waals surface area contributed by atoms with Crippen molar-refractivity contribution in [3.63, 3.8) is 0 Å². The number of carbonyl (C=O) groups is 1. The molecule has 0 aliphatic heterocycles. The Balaban J connectivity index is 1.97. The molecular weight excluding hydrogens is 298 g/mol. The lowest BCUT2D eigenvalue weighted by molar-refractivity contribution is -0.899.